The third kappa shape index (κ3) is 2.54. The minimum absolute atomic E-state index is 0.438. The van der Waals surface area contributed by atoms with Crippen molar-refractivity contribution in [3.05, 3.63) is 0 Å². The van der Waals surface area contributed by atoms with E-state index in [1.807, 2.05) is 0 Å². The fourth-order valence-corrected chi connectivity index (χ4v) is 3.18. The third-order valence-corrected chi connectivity index (χ3v) is 4.36. The average molecular weight is 210 g/mol. The first kappa shape index (κ1) is 11.4. The summed E-state index contributed by atoms with van der Waals surface area (Å²) in [5.74, 6) is 0.933. The van der Waals surface area contributed by atoms with E-state index in [1.54, 1.807) is 0 Å². The van der Waals surface area contributed by atoms with E-state index in [-0.39, 0.29) is 0 Å². The quantitative estimate of drug-likeness (QED) is 0.772. The van der Waals surface area contributed by atoms with E-state index in [0.29, 0.717) is 12.1 Å². The molecule has 2 fully saturated rings. The fourth-order valence-electron chi connectivity index (χ4n) is 3.18. The Morgan fingerprint density at radius 2 is 1.87 bits per heavy atom. The fraction of sp³-hybridized carbons (Fsp3) is 1.00. The Balaban J connectivity index is 1.96. The minimum atomic E-state index is 0.438. The zero-order chi connectivity index (χ0) is 10.8. The molecule has 88 valence electrons. The molecule has 2 nitrogen and oxygen atoms in total. The predicted molar refractivity (Wildman–Crippen MR) is 64.8 cm³/mol. The molecule has 2 saturated carbocycles. The van der Waals surface area contributed by atoms with Gasteiger partial charge in [-0.3, -0.25) is 4.90 Å². The molecule has 0 aromatic rings. The van der Waals surface area contributed by atoms with Crippen LogP contribution in [0.2, 0.25) is 0 Å². The van der Waals surface area contributed by atoms with Crippen molar-refractivity contribution >= 4 is 0 Å². The van der Waals surface area contributed by atoms with Gasteiger partial charge in [0.15, 0.2) is 0 Å². The molecule has 0 radical (unpaired) electrons. The van der Waals surface area contributed by atoms with Gasteiger partial charge in [-0.1, -0.05) is 20.3 Å². The molecule has 2 rings (SSSR count). The second-order valence-corrected chi connectivity index (χ2v) is 5.38. The van der Waals surface area contributed by atoms with Crippen molar-refractivity contribution in [1.82, 2.24) is 4.90 Å². The zero-order valence-corrected chi connectivity index (χ0v) is 10.3. The second kappa shape index (κ2) is 4.84. The number of likely N-dealkylation sites (N-methyl/N-ethyl adjacent to an activating group) is 1. The maximum Gasteiger partial charge on any atom is 0.0252 e. The number of hydrogen-bond acceptors (Lipinski definition) is 2. The highest BCUT2D eigenvalue weighted by atomic mass is 15.2. The largest absolute Gasteiger partial charge is 0.326 e. The van der Waals surface area contributed by atoms with E-state index in [1.165, 1.54) is 45.1 Å². The van der Waals surface area contributed by atoms with Crippen molar-refractivity contribution in [3.63, 3.8) is 0 Å². The van der Waals surface area contributed by atoms with Crippen LogP contribution in [0.3, 0.4) is 0 Å². The molecular formula is C13H26N2. The summed E-state index contributed by atoms with van der Waals surface area (Å²) in [6.07, 6.45) is 8.11. The lowest BCUT2D eigenvalue weighted by atomic mass is 9.80. The number of hydrogen-bond donors (Lipinski definition) is 1. The lowest BCUT2D eigenvalue weighted by molar-refractivity contribution is 0.108. The first-order valence-electron chi connectivity index (χ1n) is 6.77. The normalized spacial score (nSPS) is 37.2. The van der Waals surface area contributed by atoms with Crippen LogP contribution in [0.4, 0.5) is 0 Å². The van der Waals surface area contributed by atoms with E-state index in [9.17, 15) is 0 Å². The standard InChI is InChI=1S/C13H26N2/c1-3-10-5-8-12(14)13(9-10)15(4-2)11-6-7-11/h10-13H,3-9,14H2,1-2H3. The second-order valence-electron chi connectivity index (χ2n) is 5.38. The van der Waals surface area contributed by atoms with Gasteiger partial charge in [0.25, 0.3) is 0 Å². The molecule has 15 heavy (non-hydrogen) atoms. The van der Waals surface area contributed by atoms with E-state index < -0.39 is 0 Å². The monoisotopic (exact) mass is 210 g/mol. The Morgan fingerprint density at radius 1 is 1.13 bits per heavy atom. The zero-order valence-electron chi connectivity index (χ0n) is 10.3. The van der Waals surface area contributed by atoms with Crippen LogP contribution >= 0.6 is 0 Å². The molecule has 2 N–H and O–H groups in total. The highest BCUT2D eigenvalue weighted by Gasteiger charge is 2.38. The van der Waals surface area contributed by atoms with Crippen molar-refractivity contribution in [2.75, 3.05) is 6.54 Å². The van der Waals surface area contributed by atoms with Crippen molar-refractivity contribution in [3.8, 4) is 0 Å². The van der Waals surface area contributed by atoms with Crippen molar-refractivity contribution in [1.29, 1.82) is 0 Å². The van der Waals surface area contributed by atoms with Crippen LogP contribution in [0.1, 0.15) is 52.4 Å². The number of rotatable bonds is 4. The van der Waals surface area contributed by atoms with Crippen molar-refractivity contribution in [2.24, 2.45) is 11.7 Å². The Bertz CT molecular complexity index is 201. The minimum Gasteiger partial charge on any atom is -0.326 e. The van der Waals surface area contributed by atoms with Crippen LogP contribution in [0.15, 0.2) is 0 Å². The molecule has 0 amide bonds. The van der Waals surface area contributed by atoms with Gasteiger partial charge in [0.1, 0.15) is 0 Å². The molecule has 2 aliphatic carbocycles. The van der Waals surface area contributed by atoms with Crippen LogP contribution in [-0.2, 0) is 0 Å². The van der Waals surface area contributed by atoms with E-state index in [4.69, 9.17) is 5.73 Å². The van der Waals surface area contributed by atoms with E-state index in [2.05, 4.69) is 18.7 Å². The van der Waals surface area contributed by atoms with Gasteiger partial charge in [0, 0.05) is 18.1 Å². The van der Waals surface area contributed by atoms with E-state index in [0.717, 1.165) is 12.0 Å². The molecule has 3 unspecified atom stereocenters. The number of nitrogens with zero attached hydrogens (tertiary/aromatic N) is 1. The SMILES string of the molecule is CCC1CCC(N)C(N(CC)C2CC2)C1. The molecule has 0 saturated heterocycles. The molecule has 2 aliphatic rings. The summed E-state index contributed by atoms with van der Waals surface area (Å²) in [6, 6.07) is 2.00. The Kier molecular flexibility index (Phi) is 3.68. The molecule has 0 heterocycles. The van der Waals surface area contributed by atoms with Crippen molar-refractivity contribution < 1.29 is 0 Å². The maximum absolute atomic E-state index is 6.30. The number of nitrogens with two attached hydrogens (primary N) is 1. The highest BCUT2D eigenvalue weighted by molar-refractivity contribution is 4.95. The first-order chi connectivity index (χ1) is 7.26. The van der Waals surface area contributed by atoms with Crippen LogP contribution in [-0.4, -0.2) is 29.6 Å². The van der Waals surface area contributed by atoms with Gasteiger partial charge in [-0.15, -0.1) is 0 Å². The Morgan fingerprint density at radius 3 is 2.40 bits per heavy atom. The molecule has 0 bridgehead atoms. The molecule has 2 heteroatoms. The summed E-state index contributed by atoms with van der Waals surface area (Å²) >= 11 is 0. The summed E-state index contributed by atoms with van der Waals surface area (Å²) in [4.78, 5) is 2.69. The predicted octanol–water partition coefficient (Wildman–Crippen LogP) is 2.38. The molecule has 3 atom stereocenters. The summed E-state index contributed by atoms with van der Waals surface area (Å²) in [5, 5.41) is 0. The van der Waals surface area contributed by atoms with Gasteiger partial charge in [0.05, 0.1) is 0 Å². The molecular weight excluding hydrogens is 184 g/mol. The molecule has 0 spiro atoms. The van der Waals surface area contributed by atoms with Crippen LogP contribution in [0.25, 0.3) is 0 Å². The molecule has 0 aromatic carbocycles. The Hall–Kier alpha value is -0.0800. The van der Waals surface area contributed by atoms with Gasteiger partial charge in [-0.05, 0) is 44.6 Å². The molecule has 0 aromatic heterocycles. The van der Waals surface area contributed by atoms with Gasteiger partial charge >= 0.3 is 0 Å². The Labute approximate surface area is 94.2 Å². The summed E-state index contributed by atoms with van der Waals surface area (Å²) in [6.45, 7) is 5.81. The van der Waals surface area contributed by atoms with Gasteiger partial charge in [-0.2, -0.15) is 0 Å². The van der Waals surface area contributed by atoms with Gasteiger partial charge < -0.3 is 5.73 Å². The first-order valence-corrected chi connectivity index (χ1v) is 6.77. The lowest BCUT2D eigenvalue weighted by Gasteiger charge is -2.41. The summed E-state index contributed by atoms with van der Waals surface area (Å²) < 4.78 is 0. The lowest BCUT2D eigenvalue weighted by Crippen LogP contribution is -2.52. The van der Waals surface area contributed by atoms with Crippen LogP contribution in [0, 0.1) is 5.92 Å². The van der Waals surface area contributed by atoms with Crippen LogP contribution in [0.5, 0.6) is 0 Å². The maximum atomic E-state index is 6.30. The van der Waals surface area contributed by atoms with Crippen LogP contribution < -0.4 is 5.73 Å². The highest BCUT2D eigenvalue weighted by Crippen LogP contribution is 2.35. The van der Waals surface area contributed by atoms with Gasteiger partial charge in [-0.25, -0.2) is 0 Å². The smallest absolute Gasteiger partial charge is 0.0252 e. The summed E-state index contributed by atoms with van der Waals surface area (Å²) in [5.41, 5.74) is 6.30. The summed E-state index contributed by atoms with van der Waals surface area (Å²) in [7, 11) is 0. The average Bonchev–Trinajstić information content (AvgIpc) is 3.06. The topological polar surface area (TPSA) is 29.3 Å². The van der Waals surface area contributed by atoms with E-state index >= 15 is 0 Å². The molecule has 0 aliphatic heterocycles. The van der Waals surface area contributed by atoms with Gasteiger partial charge in [0.2, 0.25) is 0 Å². The van der Waals surface area contributed by atoms with Crippen molar-refractivity contribution in [2.45, 2.75) is 70.5 Å². The third-order valence-electron chi connectivity index (χ3n) is 4.36.